The highest BCUT2D eigenvalue weighted by Gasteiger charge is 2.32. The third-order valence-corrected chi connectivity index (χ3v) is 5.53. The quantitative estimate of drug-likeness (QED) is 0.814. The molecule has 1 saturated heterocycles. The summed E-state index contributed by atoms with van der Waals surface area (Å²) in [7, 11) is -1.40. The van der Waals surface area contributed by atoms with Gasteiger partial charge in [0.1, 0.15) is 0 Å². The van der Waals surface area contributed by atoms with Crippen LogP contribution in [-0.2, 0) is 16.6 Å². The standard InChI is InChI=1S/C12H22N4O2S/c1-4-7-16-12(5-6-13-16)19(17,18)15-9-8-14(3)11(2)10-15/h5-6,11H,4,7-10H2,1-3H3/t11-/m1/s1. The van der Waals surface area contributed by atoms with Crippen LogP contribution in [0.2, 0.25) is 0 Å². The average Bonchev–Trinajstić information content (AvgIpc) is 2.82. The summed E-state index contributed by atoms with van der Waals surface area (Å²) in [6.07, 6.45) is 2.42. The second kappa shape index (κ2) is 5.60. The number of rotatable bonds is 4. The maximum absolute atomic E-state index is 12.6. The predicted molar refractivity (Wildman–Crippen MR) is 73.4 cm³/mol. The van der Waals surface area contributed by atoms with E-state index < -0.39 is 10.0 Å². The van der Waals surface area contributed by atoms with Gasteiger partial charge in [0.25, 0.3) is 10.0 Å². The second-order valence-electron chi connectivity index (χ2n) is 5.09. The van der Waals surface area contributed by atoms with Crippen LogP contribution in [0.25, 0.3) is 0 Å². The lowest BCUT2D eigenvalue weighted by Crippen LogP contribution is -2.52. The van der Waals surface area contributed by atoms with E-state index in [1.807, 2.05) is 20.9 Å². The smallest absolute Gasteiger partial charge is 0.260 e. The van der Waals surface area contributed by atoms with Crippen molar-refractivity contribution in [3.05, 3.63) is 12.3 Å². The molecule has 1 aliphatic rings. The fourth-order valence-corrected chi connectivity index (χ4v) is 3.92. The lowest BCUT2D eigenvalue weighted by atomic mass is 10.2. The minimum Gasteiger partial charge on any atom is -0.301 e. The van der Waals surface area contributed by atoms with Crippen LogP contribution in [-0.4, -0.2) is 60.1 Å². The highest BCUT2D eigenvalue weighted by atomic mass is 32.2. The predicted octanol–water partition coefficient (Wildman–Crippen LogP) is 0.618. The average molecular weight is 286 g/mol. The zero-order valence-electron chi connectivity index (χ0n) is 11.8. The molecule has 1 aliphatic heterocycles. The molecule has 0 spiro atoms. The Morgan fingerprint density at radius 3 is 2.79 bits per heavy atom. The molecule has 1 aromatic heterocycles. The van der Waals surface area contributed by atoms with Crippen molar-refractivity contribution in [1.29, 1.82) is 0 Å². The molecule has 0 bridgehead atoms. The zero-order chi connectivity index (χ0) is 14.0. The first-order chi connectivity index (χ1) is 8.96. The summed E-state index contributed by atoms with van der Waals surface area (Å²) in [5.74, 6) is 0. The lowest BCUT2D eigenvalue weighted by Gasteiger charge is -2.36. The Morgan fingerprint density at radius 2 is 2.16 bits per heavy atom. The Labute approximate surface area is 115 Å². The first kappa shape index (κ1) is 14.5. The molecule has 0 N–H and O–H groups in total. The number of aryl methyl sites for hydroxylation is 1. The van der Waals surface area contributed by atoms with Gasteiger partial charge in [-0.15, -0.1) is 0 Å². The number of aromatic nitrogens is 2. The van der Waals surface area contributed by atoms with E-state index in [1.54, 1.807) is 21.3 Å². The summed E-state index contributed by atoms with van der Waals surface area (Å²) in [5.41, 5.74) is 0. The van der Waals surface area contributed by atoms with E-state index in [0.717, 1.165) is 13.0 Å². The number of piperazine rings is 1. The third kappa shape index (κ3) is 2.82. The van der Waals surface area contributed by atoms with E-state index >= 15 is 0 Å². The minimum atomic E-state index is -3.42. The van der Waals surface area contributed by atoms with E-state index in [0.29, 0.717) is 24.7 Å². The highest BCUT2D eigenvalue weighted by molar-refractivity contribution is 7.89. The van der Waals surface area contributed by atoms with Gasteiger partial charge in [-0.25, -0.2) is 8.42 Å². The molecule has 1 atom stereocenters. The van der Waals surface area contributed by atoms with Gasteiger partial charge in [0.15, 0.2) is 5.03 Å². The molecule has 1 fully saturated rings. The van der Waals surface area contributed by atoms with Crippen LogP contribution < -0.4 is 0 Å². The number of nitrogens with zero attached hydrogens (tertiary/aromatic N) is 4. The zero-order valence-corrected chi connectivity index (χ0v) is 12.6. The van der Waals surface area contributed by atoms with Gasteiger partial charge in [0.2, 0.25) is 0 Å². The van der Waals surface area contributed by atoms with Gasteiger partial charge in [-0.2, -0.15) is 9.40 Å². The Kier molecular flexibility index (Phi) is 4.27. The molecule has 0 unspecified atom stereocenters. The van der Waals surface area contributed by atoms with Crippen molar-refractivity contribution in [2.75, 3.05) is 26.7 Å². The molecule has 2 heterocycles. The Balaban J connectivity index is 2.25. The Hall–Kier alpha value is -0.920. The van der Waals surface area contributed by atoms with Crippen molar-refractivity contribution < 1.29 is 8.42 Å². The van der Waals surface area contributed by atoms with E-state index in [4.69, 9.17) is 0 Å². The van der Waals surface area contributed by atoms with Crippen LogP contribution in [0.1, 0.15) is 20.3 Å². The van der Waals surface area contributed by atoms with Gasteiger partial charge in [-0.05, 0) is 26.5 Å². The fraction of sp³-hybridized carbons (Fsp3) is 0.750. The first-order valence-electron chi connectivity index (χ1n) is 6.69. The molecule has 6 nitrogen and oxygen atoms in total. The van der Waals surface area contributed by atoms with Gasteiger partial charge >= 0.3 is 0 Å². The van der Waals surface area contributed by atoms with Crippen molar-refractivity contribution in [2.24, 2.45) is 0 Å². The number of hydrogen-bond acceptors (Lipinski definition) is 4. The molecule has 108 valence electrons. The number of sulfonamides is 1. The molecule has 0 aromatic carbocycles. The van der Waals surface area contributed by atoms with Crippen LogP contribution in [0.3, 0.4) is 0 Å². The van der Waals surface area contributed by atoms with Crippen molar-refractivity contribution in [3.63, 3.8) is 0 Å². The third-order valence-electron chi connectivity index (χ3n) is 3.64. The largest absolute Gasteiger partial charge is 0.301 e. The maximum Gasteiger partial charge on any atom is 0.260 e. The molecule has 7 heteroatoms. The summed E-state index contributed by atoms with van der Waals surface area (Å²) in [4.78, 5) is 2.18. The molecule has 0 radical (unpaired) electrons. The molecule has 2 rings (SSSR count). The lowest BCUT2D eigenvalue weighted by molar-refractivity contribution is 0.159. The van der Waals surface area contributed by atoms with Crippen LogP contribution in [0.5, 0.6) is 0 Å². The number of likely N-dealkylation sites (N-methyl/N-ethyl adjacent to an activating group) is 1. The molecule has 1 aromatic rings. The normalized spacial score (nSPS) is 22.8. The van der Waals surface area contributed by atoms with Gasteiger partial charge in [0, 0.05) is 32.2 Å². The second-order valence-corrected chi connectivity index (χ2v) is 6.97. The van der Waals surface area contributed by atoms with Crippen molar-refractivity contribution in [3.8, 4) is 0 Å². The minimum absolute atomic E-state index is 0.242. The van der Waals surface area contributed by atoms with Crippen LogP contribution in [0.15, 0.2) is 17.3 Å². The Morgan fingerprint density at radius 1 is 1.42 bits per heavy atom. The summed E-state index contributed by atoms with van der Waals surface area (Å²) >= 11 is 0. The molecular weight excluding hydrogens is 264 g/mol. The van der Waals surface area contributed by atoms with Gasteiger partial charge in [-0.3, -0.25) is 4.68 Å². The van der Waals surface area contributed by atoms with Crippen molar-refractivity contribution in [1.82, 2.24) is 19.0 Å². The monoisotopic (exact) mass is 286 g/mol. The SMILES string of the molecule is CCCn1nccc1S(=O)(=O)N1CCN(C)[C@H](C)C1. The van der Waals surface area contributed by atoms with E-state index in [9.17, 15) is 8.42 Å². The van der Waals surface area contributed by atoms with E-state index in [2.05, 4.69) is 10.00 Å². The van der Waals surface area contributed by atoms with Gasteiger partial charge in [0.05, 0.1) is 6.20 Å². The van der Waals surface area contributed by atoms with Crippen LogP contribution in [0, 0.1) is 0 Å². The van der Waals surface area contributed by atoms with Crippen LogP contribution >= 0.6 is 0 Å². The van der Waals surface area contributed by atoms with Crippen LogP contribution in [0.4, 0.5) is 0 Å². The van der Waals surface area contributed by atoms with E-state index in [1.165, 1.54) is 0 Å². The molecule has 0 aliphatic carbocycles. The van der Waals surface area contributed by atoms with Crippen molar-refractivity contribution >= 4 is 10.0 Å². The summed E-state index contributed by atoms with van der Waals surface area (Å²) in [5, 5.41) is 4.41. The summed E-state index contributed by atoms with van der Waals surface area (Å²) in [6.45, 7) is 6.53. The van der Waals surface area contributed by atoms with Gasteiger partial charge in [-0.1, -0.05) is 6.92 Å². The topological polar surface area (TPSA) is 58.4 Å². The molecular formula is C12H22N4O2S. The van der Waals surface area contributed by atoms with Gasteiger partial charge < -0.3 is 4.90 Å². The molecule has 0 saturated carbocycles. The summed E-state index contributed by atoms with van der Waals surface area (Å²) < 4.78 is 28.4. The summed E-state index contributed by atoms with van der Waals surface area (Å²) in [6, 6.07) is 1.83. The fourth-order valence-electron chi connectivity index (χ4n) is 2.28. The maximum atomic E-state index is 12.6. The number of hydrogen-bond donors (Lipinski definition) is 0. The first-order valence-corrected chi connectivity index (χ1v) is 8.13. The van der Waals surface area contributed by atoms with Crippen molar-refractivity contribution in [2.45, 2.75) is 37.9 Å². The Bertz CT molecular complexity index is 526. The molecule has 0 amide bonds. The molecule has 19 heavy (non-hydrogen) atoms. The highest BCUT2D eigenvalue weighted by Crippen LogP contribution is 2.19. The van der Waals surface area contributed by atoms with E-state index in [-0.39, 0.29) is 6.04 Å².